The quantitative estimate of drug-likeness (QED) is 0.884. The Morgan fingerprint density at radius 3 is 2.53 bits per heavy atom. The molecule has 1 heterocycles. The largest absolute Gasteiger partial charge is 0.386 e. The van der Waals surface area contributed by atoms with E-state index in [1.54, 1.807) is 0 Å². The van der Waals surface area contributed by atoms with Crippen LogP contribution in [0.5, 0.6) is 0 Å². The number of hydrogen-bond donors (Lipinski definition) is 1. The zero-order valence-corrected chi connectivity index (χ0v) is 11.2. The molecule has 0 spiro atoms. The molecule has 0 radical (unpaired) electrons. The summed E-state index contributed by atoms with van der Waals surface area (Å²) in [6, 6.07) is 1.83. The minimum Gasteiger partial charge on any atom is -0.386 e. The SMILES string of the molecule is CCC(C)(C(O)c1sccc1Cl)N(C)C. The first-order valence-corrected chi connectivity index (χ1v) is 6.27. The number of hydrogen-bond acceptors (Lipinski definition) is 3. The molecule has 0 saturated heterocycles. The topological polar surface area (TPSA) is 23.5 Å². The Kier molecular flexibility index (Phi) is 4.18. The molecule has 0 amide bonds. The first-order valence-electron chi connectivity index (χ1n) is 5.02. The van der Waals surface area contributed by atoms with E-state index in [0.717, 1.165) is 11.3 Å². The van der Waals surface area contributed by atoms with Gasteiger partial charge in [0.05, 0.1) is 9.90 Å². The van der Waals surface area contributed by atoms with Gasteiger partial charge >= 0.3 is 0 Å². The van der Waals surface area contributed by atoms with Crippen LogP contribution in [0.4, 0.5) is 0 Å². The Bertz CT molecular complexity index is 326. The summed E-state index contributed by atoms with van der Waals surface area (Å²) in [5.74, 6) is 0. The maximum atomic E-state index is 10.4. The minimum atomic E-state index is -0.537. The molecule has 2 atom stereocenters. The molecule has 0 aliphatic carbocycles. The van der Waals surface area contributed by atoms with Crippen LogP contribution in [0, 0.1) is 0 Å². The van der Waals surface area contributed by atoms with Crippen molar-refractivity contribution in [1.29, 1.82) is 0 Å². The molecular weight excluding hydrogens is 230 g/mol. The van der Waals surface area contributed by atoms with Crippen LogP contribution in [-0.4, -0.2) is 29.6 Å². The fourth-order valence-corrected chi connectivity index (χ4v) is 2.83. The highest BCUT2D eigenvalue weighted by Crippen LogP contribution is 2.38. The van der Waals surface area contributed by atoms with E-state index >= 15 is 0 Å². The number of nitrogens with zero attached hydrogens (tertiary/aromatic N) is 1. The van der Waals surface area contributed by atoms with E-state index in [1.807, 2.05) is 37.4 Å². The van der Waals surface area contributed by atoms with Gasteiger partial charge in [0, 0.05) is 5.54 Å². The molecule has 86 valence electrons. The van der Waals surface area contributed by atoms with Crippen molar-refractivity contribution in [3.05, 3.63) is 21.3 Å². The predicted octanol–water partition coefficient (Wildman–Crippen LogP) is 3.17. The summed E-state index contributed by atoms with van der Waals surface area (Å²) < 4.78 is 0. The van der Waals surface area contributed by atoms with Crippen LogP contribution in [0.3, 0.4) is 0 Å². The summed E-state index contributed by atoms with van der Waals surface area (Å²) in [7, 11) is 3.96. The van der Waals surface area contributed by atoms with Crippen molar-refractivity contribution in [2.24, 2.45) is 0 Å². The fraction of sp³-hybridized carbons (Fsp3) is 0.636. The second-order valence-electron chi connectivity index (χ2n) is 4.14. The van der Waals surface area contributed by atoms with Gasteiger partial charge in [0.15, 0.2) is 0 Å². The molecule has 0 aromatic carbocycles. The Morgan fingerprint density at radius 1 is 1.60 bits per heavy atom. The van der Waals surface area contributed by atoms with Gasteiger partial charge in [-0.1, -0.05) is 18.5 Å². The summed E-state index contributed by atoms with van der Waals surface area (Å²) >= 11 is 7.54. The summed E-state index contributed by atoms with van der Waals surface area (Å²) in [5, 5.41) is 12.9. The highest BCUT2D eigenvalue weighted by Gasteiger charge is 2.36. The third kappa shape index (κ3) is 2.36. The third-order valence-electron chi connectivity index (χ3n) is 3.22. The van der Waals surface area contributed by atoms with Gasteiger partial charge in [-0.25, -0.2) is 0 Å². The van der Waals surface area contributed by atoms with E-state index in [4.69, 9.17) is 11.6 Å². The highest BCUT2D eigenvalue weighted by molar-refractivity contribution is 7.10. The van der Waals surface area contributed by atoms with E-state index < -0.39 is 6.10 Å². The van der Waals surface area contributed by atoms with Crippen LogP contribution >= 0.6 is 22.9 Å². The second kappa shape index (κ2) is 4.83. The number of rotatable bonds is 4. The molecule has 0 saturated carbocycles. The molecule has 1 aromatic rings. The van der Waals surface area contributed by atoms with E-state index in [-0.39, 0.29) is 5.54 Å². The lowest BCUT2D eigenvalue weighted by Gasteiger charge is -2.39. The average molecular weight is 248 g/mol. The average Bonchev–Trinajstić information content (AvgIpc) is 2.61. The third-order valence-corrected chi connectivity index (χ3v) is 4.63. The monoisotopic (exact) mass is 247 g/mol. The van der Waals surface area contributed by atoms with Gasteiger partial charge < -0.3 is 10.0 Å². The molecule has 0 aliphatic rings. The number of likely N-dealkylation sites (N-methyl/N-ethyl adjacent to an activating group) is 1. The fourth-order valence-electron chi connectivity index (χ4n) is 1.54. The maximum absolute atomic E-state index is 10.4. The number of aliphatic hydroxyl groups is 1. The van der Waals surface area contributed by atoms with Crippen molar-refractivity contribution in [2.45, 2.75) is 31.9 Å². The molecule has 15 heavy (non-hydrogen) atoms. The number of thiophene rings is 1. The van der Waals surface area contributed by atoms with Gasteiger partial charge in [0.25, 0.3) is 0 Å². The normalized spacial score (nSPS) is 17.8. The smallest absolute Gasteiger partial charge is 0.108 e. The molecule has 1 N–H and O–H groups in total. The molecule has 0 fully saturated rings. The van der Waals surface area contributed by atoms with E-state index in [2.05, 4.69) is 6.92 Å². The zero-order chi connectivity index (χ0) is 11.6. The van der Waals surface area contributed by atoms with Crippen molar-refractivity contribution >= 4 is 22.9 Å². The van der Waals surface area contributed by atoms with Crippen LogP contribution < -0.4 is 0 Å². The maximum Gasteiger partial charge on any atom is 0.108 e. The Labute approximate surface area is 100 Å². The van der Waals surface area contributed by atoms with E-state index in [1.165, 1.54) is 11.3 Å². The molecule has 1 aromatic heterocycles. The zero-order valence-electron chi connectivity index (χ0n) is 9.62. The van der Waals surface area contributed by atoms with Crippen molar-refractivity contribution in [2.75, 3.05) is 14.1 Å². The summed E-state index contributed by atoms with van der Waals surface area (Å²) in [5.41, 5.74) is -0.269. The van der Waals surface area contributed by atoms with Crippen LogP contribution in [-0.2, 0) is 0 Å². The van der Waals surface area contributed by atoms with Gasteiger partial charge in [-0.15, -0.1) is 11.3 Å². The molecule has 1 rings (SSSR count). The van der Waals surface area contributed by atoms with E-state index in [9.17, 15) is 5.11 Å². The number of halogens is 1. The van der Waals surface area contributed by atoms with Crippen molar-refractivity contribution in [3.8, 4) is 0 Å². The molecule has 2 nitrogen and oxygen atoms in total. The van der Waals surface area contributed by atoms with E-state index in [0.29, 0.717) is 5.02 Å². The first kappa shape index (κ1) is 13.0. The van der Waals surface area contributed by atoms with Gasteiger partial charge in [0.1, 0.15) is 6.10 Å². The van der Waals surface area contributed by atoms with Crippen LogP contribution in [0.15, 0.2) is 11.4 Å². The standard InChI is InChI=1S/C11H18ClNOS/c1-5-11(2,13(3)4)10(14)9-8(12)6-7-15-9/h6-7,10,14H,5H2,1-4H3. The Morgan fingerprint density at radius 2 is 2.20 bits per heavy atom. The molecular formula is C11H18ClNOS. The van der Waals surface area contributed by atoms with Gasteiger partial charge in [0.2, 0.25) is 0 Å². The van der Waals surface area contributed by atoms with Crippen molar-refractivity contribution in [1.82, 2.24) is 4.90 Å². The molecule has 2 unspecified atom stereocenters. The molecule has 0 aliphatic heterocycles. The lowest BCUT2D eigenvalue weighted by Crippen LogP contribution is -2.45. The highest BCUT2D eigenvalue weighted by atomic mass is 35.5. The van der Waals surface area contributed by atoms with Crippen LogP contribution in [0.25, 0.3) is 0 Å². The van der Waals surface area contributed by atoms with Gasteiger partial charge in [-0.3, -0.25) is 0 Å². The Balaban J connectivity index is 3.02. The molecule has 4 heteroatoms. The number of aliphatic hydroxyl groups excluding tert-OH is 1. The van der Waals surface area contributed by atoms with Crippen molar-refractivity contribution < 1.29 is 5.11 Å². The predicted molar refractivity (Wildman–Crippen MR) is 66.7 cm³/mol. The van der Waals surface area contributed by atoms with Crippen LogP contribution in [0.2, 0.25) is 5.02 Å². The molecule has 0 bridgehead atoms. The summed E-state index contributed by atoms with van der Waals surface area (Å²) in [6.45, 7) is 4.12. The van der Waals surface area contributed by atoms with Crippen molar-refractivity contribution in [3.63, 3.8) is 0 Å². The lowest BCUT2D eigenvalue weighted by atomic mass is 9.89. The Hall–Kier alpha value is -0.0900. The summed E-state index contributed by atoms with van der Waals surface area (Å²) in [4.78, 5) is 2.91. The second-order valence-corrected chi connectivity index (χ2v) is 5.50. The van der Waals surface area contributed by atoms with Crippen LogP contribution in [0.1, 0.15) is 31.2 Å². The summed E-state index contributed by atoms with van der Waals surface area (Å²) in [6.07, 6.45) is 0.333. The first-order chi connectivity index (χ1) is 6.93. The lowest BCUT2D eigenvalue weighted by molar-refractivity contribution is 0.00314. The van der Waals surface area contributed by atoms with Gasteiger partial charge in [-0.05, 0) is 38.9 Å². The minimum absolute atomic E-state index is 0.269. The van der Waals surface area contributed by atoms with Gasteiger partial charge in [-0.2, -0.15) is 0 Å².